The Kier molecular flexibility index (Phi) is 9.98. The molecule has 1 aliphatic heterocycles. The molecule has 1 aromatic rings. The predicted molar refractivity (Wildman–Crippen MR) is 132 cm³/mol. The number of esters is 1. The van der Waals surface area contributed by atoms with Crippen molar-refractivity contribution in [3.8, 4) is 17.2 Å². The van der Waals surface area contributed by atoms with Gasteiger partial charge >= 0.3 is 5.97 Å². The number of carbonyl (C=O) groups is 3. The second kappa shape index (κ2) is 12.9. The van der Waals surface area contributed by atoms with Crippen LogP contribution in [-0.4, -0.2) is 73.8 Å². The number of piperidine rings is 1. The van der Waals surface area contributed by atoms with E-state index < -0.39 is 29.3 Å². The molecule has 1 atom stereocenters. The molecule has 1 N–H and O–H groups in total. The summed E-state index contributed by atoms with van der Waals surface area (Å²) < 4.78 is 21.6. The molecule has 0 aromatic heterocycles. The number of hydrogen-bond acceptors (Lipinski definition) is 8. The summed E-state index contributed by atoms with van der Waals surface area (Å²) in [7, 11) is 4.70. The van der Waals surface area contributed by atoms with E-state index in [0.717, 1.165) is 50.5 Å². The number of unbranched alkanes of at least 4 members (excludes halogenated alkanes) is 1. The van der Waals surface area contributed by atoms with Gasteiger partial charge in [-0.25, -0.2) is 4.79 Å². The van der Waals surface area contributed by atoms with Crippen molar-refractivity contribution in [3.63, 3.8) is 0 Å². The average Bonchev–Trinajstić information content (AvgIpc) is 2.91. The smallest absolute Gasteiger partial charge is 0.328 e. The predicted octanol–water partition coefficient (Wildman–Crippen LogP) is 3.22. The second-order valence-electron chi connectivity index (χ2n) is 9.59. The number of amides is 1. The monoisotopic (exact) mass is 505 g/mol. The van der Waals surface area contributed by atoms with Gasteiger partial charge in [0.25, 0.3) is 11.7 Å². The number of carbonyl (C=O) groups excluding carboxylic acids is 3. The molecule has 1 aromatic carbocycles. The largest absolute Gasteiger partial charge is 0.493 e. The third-order valence-electron chi connectivity index (χ3n) is 7.16. The van der Waals surface area contributed by atoms with E-state index in [1.807, 2.05) is 12.1 Å². The van der Waals surface area contributed by atoms with Gasteiger partial charge in [-0.15, -0.1) is 0 Å². The van der Waals surface area contributed by atoms with Gasteiger partial charge in [0.15, 0.2) is 11.5 Å². The van der Waals surface area contributed by atoms with Crippen LogP contribution in [0.25, 0.3) is 0 Å². The fourth-order valence-corrected chi connectivity index (χ4v) is 5.09. The molecule has 1 saturated heterocycles. The van der Waals surface area contributed by atoms with E-state index in [4.69, 9.17) is 18.9 Å². The first kappa shape index (κ1) is 27.8. The molecule has 2 fully saturated rings. The first-order valence-corrected chi connectivity index (χ1v) is 12.9. The number of aliphatic hydroxyl groups is 1. The number of ketones is 1. The molecule has 1 saturated carbocycles. The van der Waals surface area contributed by atoms with Crippen LogP contribution >= 0.6 is 0 Å². The van der Waals surface area contributed by atoms with E-state index in [9.17, 15) is 19.5 Å². The molecule has 3 rings (SSSR count). The zero-order valence-corrected chi connectivity index (χ0v) is 21.7. The molecule has 1 amide bonds. The van der Waals surface area contributed by atoms with Gasteiger partial charge in [0, 0.05) is 6.54 Å². The highest BCUT2D eigenvalue weighted by Crippen LogP contribution is 2.38. The summed E-state index contributed by atoms with van der Waals surface area (Å²) in [5, 5.41) is 10.7. The summed E-state index contributed by atoms with van der Waals surface area (Å²) in [4.78, 5) is 40.0. The van der Waals surface area contributed by atoms with Crippen LogP contribution in [0.4, 0.5) is 0 Å². The summed E-state index contributed by atoms with van der Waals surface area (Å²) in [5.41, 5.74) is -0.590. The number of likely N-dealkylation sites (tertiary alicyclic amines) is 1. The van der Waals surface area contributed by atoms with E-state index >= 15 is 0 Å². The van der Waals surface area contributed by atoms with Crippen LogP contribution in [0.1, 0.15) is 69.8 Å². The first-order chi connectivity index (χ1) is 17.3. The molecule has 1 unspecified atom stereocenters. The highest BCUT2D eigenvalue weighted by Gasteiger charge is 2.45. The van der Waals surface area contributed by atoms with Crippen LogP contribution in [0.3, 0.4) is 0 Å². The van der Waals surface area contributed by atoms with Crippen molar-refractivity contribution in [3.05, 3.63) is 17.7 Å². The van der Waals surface area contributed by atoms with Crippen molar-refractivity contribution in [2.45, 2.75) is 82.3 Å². The Morgan fingerprint density at radius 2 is 1.61 bits per heavy atom. The minimum atomic E-state index is -1.60. The van der Waals surface area contributed by atoms with Crippen LogP contribution in [0, 0.1) is 0 Å². The van der Waals surface area contributed by atoms with Crippen molar-refractivity contribution in [1.29, 1.82) is 0 Å². The van der Waals surface area contributed by atoms with Crippen LogP contribution in [0.5, 0.6) is 17.2 Å². The fourth-order valence-electron chi connectivity index (χ4n) is 5.09. The Bertz CT molecular complexity index is 899. The molecule has 9 nitrogen and oxygen atoms in total. The van der Waals surface area contributed by atoms with E-state index in [2.05, 4.69) is 0 Å². The zero-order chi connectivity index (χ0) is 26.1. The normalized spacial score (nSPS) is 19.3. The molecule has 0 bridgehead atoms. The van der Waals surface area contributed by atoms with Crippen LogP contribution in [0.2, 0.25) is 0 Å². The molecule has 200 valence electrons. The number of Topliss-reactive ketones (excluding diaryl/α,β-unsaturated/α-hetero) is 1. The van der Waals surface area contributed by atoms with Crippen molar-refractivity contribution in [2.24, 2.45) is 0 Å². The number of ether oxygens (including phenoxy) is 4. The van der Waals surface area contributed by atoms with Crippen LogP contribution in [-0.2, 0) is 25.5 Å². The zero-order valence-electron chi connectivity index (χ0n) is 21.7. The summed E-state index contributed by atoms with van der Waals surface area (Å²) >= 11 is 0. The lowest BCUT2D eigenvalue weighted by molar-refractivity contribution is -0.164. The minimum Gasteiger partial charge on any atom is -0.493 e. The van der Waals surface area contributed by atoms with Crippen LogP contribution < -0.4 is 14.2 Å². The second-order valence-corrected chi connectivity index (χ2v) is 9.59. The third-order valence-corrected chi connectivity index (χ3v) is 7.16. The Hall–Kier alpha value is -2.81. The van der Waals surface area contributed by atoms with E-state index in [1.54, 1.807) is 21.3 Å². The van der Waals surface area contributed by atoms with E-state index in [-0.39, 0.29) is 6.61 Å². The van der Waals surface area contributed by atoms with E-state index in [0.29, 0.717) is 49.5 Å². The van der Waals surface area contributed by atoms with Gasteiger partial charge < -0.3 is 29.0 Å². The van der Waals surface area contributed by atoms with Gasteiger partial charge in [0.05, 0.1) is 27.9 Å². The van der Waals surface area contributed by atoms with Gasteiger partial charge in [-0.1, -0.05) is 19.3 Å². The van der Waals surface area contributed by atoms with Crippen LogP contribution in [0.15, 0.2) is 12.1 Å². The van der Waals surface area contributed by atoms with Gasteiger partial charge in [-0.2, -0.15) is 0 Å². The Balaban J connectivity index is 1.51. The van der Waals surface area contributed by atoms with Crippen molar-refractivity contribution in [1.82, 2.24) is 4.90 Å². The highest BCUT2D eigenvalue weighted by atomic mass is 16.5. The standard InChI is InChI=1S/C27H39NO8/c1-33-21-17-19(18-22(34-2)23(21)35-3)11-6-10-16-36-26(31)20-12-5-9-15-28(20)25(30)24(29)27(32)13-7-4-8-14-27/h17-18,20,32H,4-16H2,1-3H3. The van der Waals surface area contributed by atoms with Gasteiger partial charge in [-0.3, -0.25) is 9.59 Å². The molecule has 2 aliphatic rings. The summed E-state index contributed by atoms with van der Waals surface area (Å²) in [6.07, 6.45) is 7.08. The molecule has 0 spiro atoms. The number of rotatable bonds is 11. The first-order valence-electron chi connectivity index (χ1n) is 12.9. The maximum atomic E-state index is 13.0. The maximum Gasteiger partial charge on any atom is 0.328 e. The molecular weight excluding hydrogens is 466 g/mol. The number of hydrogen-bond donors (Lipinski definition) is 1. The quantitative estimate of drug-likeness (QED) is 0.277. The number of methoxy groups -OCH3 is 3. The SMILES string of the molecule is COc1cc(CCCCOC(=O)C2CCCCN2C(=O)C(=O)C2(O)CCCCC2)cc(OC)c1OC. The fraction of sp³-hybridized carbons (Fsp3) is 0.667. The maximum absolute atomic E-state index is 13.0. The Morgan fingerprint density at radius 3 is 2.22 bits per heavy atom. The van der Waals surface area contributed by atoms with Gasteiger partial charge in [0.1, 0.15) is 11.6 Å². The summed E-state index contributed by atoms with van der Waals surface area (Å²) in [6.45, 7) is 0.543. The molecule has 0 radical (unpaired) electrons. The average molecular weight is 506 g/mol. The van der Waals surface area contributed by atoms with Gasteiger partial charge in [0.2, 0.25) is 5.75 Å². The van der Waals surface area contributed by atoms with Crippen molar-refractivity contribution < 1.29 is 38.4 Å². The van der Waals surface area contributed by atoms with Crippen molar-refractivity contribution in [2.75, 3.05) is 34.5 Å². The highest BCUT2D eigenvalue weighted by molar-refractivity contribution is 6.39. The van der Waals surface area contributed by atoms with Gasteiger partial charge in [-0.05, 0) is 69.1 Å². The number of aryl methyl sites for hydroxylation is 1. The lowest BCUT2D eigenvalue weighted by atomic mass is 9.81. The van der Waals surface area contributed by atoms with E-state index in [1.165, 1.54) is 4.90 Å². The topological polar surface area (TPSA) is 112 Å². The molecule has 9 heteroatoms. The lowest BCUT2D eigenvalue weighted by Crippen LogP contribution is -2.56. The minimum absolute atomic E-state index is 0.222. The Morgan fingerprint density at radius 1 is 0.944 bits per heavy atom. The molecule has 1 aliphatic carbocycles. The summed E-state index contributed by atoms with van der Waals surface area (Å²) in [6, 6.07) is 3.02. The summed E-state index contributed by atoms with van der Waals surface area (Å²) in [5.74, 6) is -0.311. The molecule has 1 heterocycles. The Labute approximate surface area is 213 Å². The van der Waals surface area contributed by atoms with Crippen molar-refractivity contribution >= 4 is 17.7 Å². The third kappa shape index (κ3) is 6.49. The number of benzene rings is 1. The lowest BCUT2D eigenvalue weighted by Gasteiger charge is -2.36. The molecular formula is C27H39NO8. The molecule has 36 heavy (non-hydrogen) atoms. The number of nitrogens with zero attached hydrogens (tertiary/aromatic N) is 1.